The minimum Gasteiger partial charge on any atom is -0.373 e. The molecule has 0 aliphatic carbocycles. The van der Waals surface area contributed by atoms with Gasteiger partial charge >= 0.3 is 0 Å². The molecule has 0 aromatic rings. The fraction of sp³-hybridized carbons (Fsp3) is 0.900. The number of nitrogens with two attached hydrogens (primary N) is 1. The Hall–Kier alpha value is -0.650. The van der Waals surface area contributed by atoms with Gasteiger partial charge in [-0.3, -0.25) is 4.79 Å². The molecule has 0 aliphatic rings. The minimum absolute atomic E-state index is 0.0630. The molecule has 0 unspecified atom stereocenters. The third-order valence-electron chi connectivity index (χ3n) is 1.46. The Morgan fingerprint density at radius 3 is 2.53 bits per heavy atom. The van der Waals surface area contributed by atoms with Crippen LogP contribution >= 0.6 is 0 Å². The molecule has 0 aromatic heterocycles. The van der Waals surface area contributed by atoms with E-state index < -0.39 is 0 Å². The van der Waals surface area contributed by atoms with Crippen molar-refractivity contribution in [1.29, 1.82) is 0 Å². The highest BCUT2D eigenvalue weighted by Gasteiger charge is 2.09. The first-order chi connectivity index (χ1) is 6.95. The molecule has 0 rings (SSSR count). The van der Waals surface area contributed by atoms with Crippen LogP contribution in [0.1, 0.15) is 20.8 Å². The molecule has 5 nitrogen and oxygen atoms in total. The largest absolute Gasteiger partial charge is 0.373 e. The van der Waals surface area contributed by atoms with Crippen LogP contribution < -0.4 is 11.1 Å². The number of rotatable bonds is 7. The fourth-order valence-corrected chi connectivity index (χ4v) is 0.834. The van der Waals surface area contributed by atoms with E-state index in [0.717, 1.165) is 0 Å². The zero-order valence-corrected chi connectivity index (χ0v) is 9.84. The lowest BCUT2D eigenvalue weighted by molar-refractivity contribution is -0.126. The van der Waals surface area contributed by atoms with Crippen LogP contribution in [0.25, 0.3) is 0 Å². The maximum atomic E-state index is 11.0. The molecule has 0 aromatic carbocycles. The average molecular weight is 218 g/mol. The first kappa shape index (κ1) is 14.3. The summed E-state index contributed by atoms with van der Waals surface area (Å²) in [6, 6.07) is 0. The predicted octanol–water partition coefficient (Wildman–Crippen LogP) is -0.107. The van der Waals surface area contributed by atoms with Gasteiger partial charge in [-0.15, -0.1) is 0 Å². The van der Waals surface area contributed by atoms with Gasteiger partial charge in [0, 0.05) is 13.1 Å². The summed E-state index contributed by atoms with van der Waals surface area (Å²) in [6.07, 6.45) is 0. The zero-order valence-electron chi connectivity index (χ0n) is 9.84. The van der Waals surface area contributed by atoms with Gasteiger partial charge < -0.3 is 20.5 Å². The second-order valence-electron chi connectivity index (χ2n) is 4.15. The molecule has 0 saturated heterocycles. The molecule has 0 fully saturated rings. The van der Waals surface area contributed by atoms with E-state index in [2.05, 4.69) is 5.32 Å². The van der Waals surface area contributed by atoms with Gasteiger partial charge in [0.1, 0.15) is 6.61 Å². The highest BCUT2D eigenvalue weighted by Crippen LogP contribution is 2.05. The van der Waals surface area contributed by atoms with Crippen LogP contribution in [0.3, 0.4) is 0 Å². The van der Waals surface area contributed by atoms with E-state index in [-0.39, 0.29) is 18.1 Å². The average Bonchev–Trinajstić information content (AvgIpc) is 2.12. The minimum atomic E-state index is -0.162. The van der Waals surface area contributed by atoms with Crippen LogP contribution in [0.4, 0.5) is 0 Å². The molecule has 3 N–H and O–H groups in total. The first-order valence-electron chi connectivity index (χ1n) is 5.14. The number of carbonyl (C=O) groups is 1. The van der Waals surface area contributed by atoms with Crippen LogP contribution in [0.5, 0.6) is 0 Å². The van der Waals surface area contributed by atoms with Crippen molar-refractivity contribution in [2.75, 3.05) is 32.9 Å². The van der Waals surface area contributed by atoms with Crippen molar-refractivity contribution in [3.05, 3.63) is 0 Å². The van der Waals surface area contributed by atoms with Crippen LogP contribution in [0.15, 0.2) is 0 Å². The van der Waals surface area contributed by atoms with E-state index in [0.29, 0.717) is 26.3 Å². The number of ether oxygens (including phenoxy) is 2. The Morgan fingerprint density at radius 2 is 2.00 bits per heavy atom. The van der Waals surface area contributed by atoms with Crippen LogP contribution in [0.2, 0.25) is 0 Å². The lowest BCUT2D eigenvalue weighted by Crippen LogP contribution is -2.32. The van der Waals surface area contributed by atoms with Gasteiger partial charge in [0.05, 0.1) is 18.8 Å². The molecule has 0 spiro atoms. The molecule has 0 radical (unpaired) electrons. The first-order valence-corrected chi connectivity index (χ1v) is 5.14. The van der Waals surface area contributed by atoms with Crippen molar-refractivity contribution in [2.45, 2.75) is 26.4 Å². The molecular weight excluding hydrogens is 196 g/mol. The topological polar surface area (TPSA) is 73.6 Å². The van der Waals surface area contributed by atoms with Crippen molar-refractivity contribution in [3.8, 4) is 0 Å². The van der Waals surface area contributed by atoms with Crippen molar-refractivity contribution >= 4 is 5.91 Å². The lowest BCUT2D eigenvalue weighted by atomic mass is 10.2. The highest BCUT2D eigenvalue weighted by atomic mass is 16.5. The Balaban J connectivity index is 3.27. The summed E-state index contributed by atoms with van der Waals surface area (Å²) in [5.41, 5.74) is 5.06. The molecule has 0 aliphatic heterocycles. The maximum Gasteiger partial charge on any atom is 0.246 e. The van der Waals surface area contributed by atoms with Gasteiger partial charge in [0.25, 0.3) is 0 Å². The quantitative estimate of drug-likeness (QED) is 0.585. The van der Waals surface area contributed by atoms with Crippen molar-refractivity contribution < 1.29 is 14.3 Å². The normalized spacial score (nSPS) is 11.5. The van der Waals surface area contributed by atoms with Crippen LogP contribution in [-0.4, -0.2) is 44.4 Å². The van der Waals surface area contributed by atoms with Crippen LogP contribution in [0, 0.1) is 0 Å². The number of carbonyl (C=O) groups excluding carboxylic acids is 1. The molecule has 0 heterocycles. The fourth-order valence-electron chi connectivity index (χ4n) is 0.834. The van der Waals surface area contributed by atoms with Gasteiger partial charge in [0.15, 0.2) is 0 Å². The molecule has 15 heavy (non-hydrogen) atoms. The summed E-state index contributed by atoms with van der Waals surface area (Å²) >= 11 is 0. The molecule has 5 heteroatoms. The van der Waals surface area contributed by atoms with Crippen molar-refractivity contribution in [3.63, 3.8) is 0 Å². The highest BCUT2D eigenvalue weighted by molar-refractivity contribution is 5.77. The van der Waals surface area contributed by atoms with Gasteiger partial charge in [-0.05, 0) is 20.8 Å². The number of hydrogen-bond donors (Lipinski definition) is 2. The summed E-state index contributed by atoms with van der Waals surface area (Å²) in [6.45, 7) is 7.83. The van der Waals surface area contributed by atoms with E-state index >= 15 is 0 Å². The number of nitrogens with one attached hydrogen (secondary N) is 1. The van der Waals surface area contributed by atoms with Crippen molar-refractivity contribution in [2.24, 2.45) is 5.73 Å². The maximum absolute atomic E-state index is 11.0. The zero-order chi connectivity index (χ0) is 11.7. The smallest absolute Gasteiger partial charge is 0.246 e. The van der Waals surface area contributed by atoms with E-state index in [1.54, 1.807) is 0 Å². The Morgan fingerprint density at radius 1 is 1.33 bits per heavy atom. The van der Waals surface area contributed by atoms with E-state index in [9.17, 15) is 4.79 Å². The van der Waals surface area contributed by atoms with Gasteiger partial charge in [0.2, 0.25) is 5.91 Å². The Bertz CT molecular complexity index is 178. The molecular formula is C10H22N2O3. The van der Waals surface area contributed by atoms with E-state index in [1.807, 2.05) is 20.8 Å². The summed E-state index contributed by atoms with van der Waals surface area (Å²) in [5, 5.41) is 2.61. The van der Waals surface area contributed by atoms with Gasteiger partial charge in [-0.2, -0.15) is 0 Å². The molecule has 0 atom stereocenters. The lowest BCUT2D eigenvalue weighted by Gasteiger charge is -2.19. The summed E-state index contributed by atoms with van der Waals surface area (Å²) in [5.74, 6) is -0.142. The number of amides is 1. The second-order valence-corrected chi connectivity index (χ2v) is 4.15. The van der Waals surface area contributed by atoms with E-state index in [4.69, 9.17) is 15.2 Å². The van der Waals surface area contributed by atoms with Crippen molar-refractivity contribution in [1.82, 2.24) is 5.32 Å². The van der Waals surface area contributed by atoms with Gasteiger partial charge in [-0.25, -0.2) is 0 Å². The second kappa shape index (κ2) is 7.62. The Kier molecular flexibility index (Phi) is 7.29. The standard InChI is InChI=1S/C10H22N2O3/c1-10(2,3)15-7-6-14-8-9(13)12-5-4-11/h4-8,11H2,1-3H3,(H,12,13). The molecule has 0 saturated carbocycles. The summed E-state index contributed by atoms with van der Waals surface area (Å²) < 4.78 is 10.5. The predicted molar refractivity (Wildman–Crippen MR) is 58.6 cm³/mol. The molecule has 1 amide bonds. The SMILES string of the molecule is CC(C)(C)OCCOCC(=O)NCCN. The van der Waals surface area contributed by atoms with Gasteiger partial charge in [-0.1, -0.05) is 0 Å². The monoisotopic (exact) mass is 218 g/mol. The van der Waals surface area contributed by atoms with E-state index in [1.165, 1.54) is 0 Å². The molecule has 90 valence electrons. The Labute approximate surface area is 91.3 Å². The summed E-state index contributed by atoms with van der Waals surface area (Å²) in [7, 11) is 0. The third-order valence-corrected chi connectivity index (χ3v) is 1.46. The van der Waals surface area contributed by atoms with Crippen LogP contribution in [-0.2, 0) is 14.3 Å². The summed E-state index contributed by atoms with van der Waals surface area (Å²) in [4.78, 5) is 11.0. The third kappa shape index (κ3) is 11.3. The molecule has 0 bridgehead atoms. The number of hydrogen-bond acceptors (Lipinski definition) is 4.